The van der Waals surface area contributed by atoms with Crippen LogP contribution in [0, 0.1) is 0 Å². The standard InChI is InChI=1S/C16H15ClN2O3S/c1-3-7-18-14(20)10(2)22-16(21)13-9-23-15(19-13)11-5-4-6-12(17)8-11/h3-6,8-10H,1,7H2,2H3,(H,18,20)/t10-/m0/s1. The SMILES string of the molecule is C=CCNC(=O)[C@H](C)OC(=O)c1csc(-c2cccc(Cl)c2)n1. The number of amides is 1. The van der Waals surface area contributed by atoms with Crippen LogP contribution in [0.5, 0.6) is 0 Å². The predicted octanol–water partition coefficient (Wildman–Crippen LogP) is 3.31. The molecule has 0 aliphatic rings. The summed E-state index contributed by atoms with van der Waals surface area (Å²) < 4.78 is 5.10. The Hall–Kier alpha value is -2.18. The van der Waals surface area contributed by atoms with Crippen molar-refractivity contribution in [2.45, 2.75) is 13.0 Å². The van der Waals surface area contributed by atoms with Gasteiger partial charge in [0.1, 0.15) is 5.01 Å². The molecule has 1 heterocycles. The van der Waals surface area contributed by atoms with Crippen molar-refractivity contribution in [1.29, 1.82) is 0 Å². The fraction of sp³-hybridized carbons (Fsp3) is 0.188. The number of thiazole rings is 1. The summed E-state index contributed by atoms with van der Waals surface area (Å²) in [6, 6.07) is 7.19. The summed E-state index contributed by atoms with van der Waals surface area (Å²) in [6.07, 6.45) is 0.642. The number of benzene rings is 1. The fourth-order valence-electron chi connectivity index (χ4n) is 1.71. The van der Waals surface area contributed by atoms with Gasteiger partial charge in [0.25, 0.3) is 5.91 Å². The smallest absolute Gasteiger partial charge is 0.358 e. The zero-order valence-corrected chi connectivity index (χ0v) is 14.0. The summed E-state index contributed by atoms with van der Waals surface area (Å²) in [5, 5.41) is 5.40. The molecule has 0 saturated carbocycles. The average Bonchev–Trinajstić information content (AvgIpc) is 3.02. The van der Waals surface area contributed by atoms with E-state index in [1.807, 2.05) is 12.1 Å². The Balaban J connectivity index is 2.04. The van der Waals surface area contributed by atoms with Gasteiger partial charge in [-0.1, -0.05) is 29.8 Å². The lowest BCUT2D eigenvalue weighted by Gasteiger charge is -2.11. The molecule has 7 heteroatoms. The van der Waals surface area contributed by atoms with Crippen LogP contribution in [-0.2, 0) is 9.53 Å². The monoisotopic (exact) mass is 350 g/mol. The number of aromatic nitrogens is 1. The highest BCUT2D eigenvalue weighted by Gasteiger charge is 2.20. The third-order valence-corrected chi connectivity index (χ3v) is 3.99. The van der Waals surface area contributed by atoms with Crippen molar-refractivity contribution in [1.82, 2.24) is 10.3 Å². The van der Waals surface area contributed by atoms with Crippen molar-refractivity contribution in [2.24, 2.45) is 0 Å². The molecule has 1 aromatic carbocycles. The van der Waals surface area contributed by atoms with Crippen LogP contribution in [0.1, 0.15) is 17.4 Å². The highest BCUT2D eigenvalue weighted by atomic mass is 35.5. The molecule has 0 fully saturated rings. The van der Waals surface area contributed by atoms with Crippen LogP contribution in [0.3, 0.4) is 0 Å². The van der Waals surface area contributed by atoms with Gasteiger partial charge in [0.2, 0.25) is 0 Å². The summed E-state index contributed by atoms with van der Waals surface area (Å²) in [7, 11) is 0. The summed E-state index contributed by atoms with van der Waals surface area (Å²) >= 11 is 7.25. The summed E-state index contributed by atoms with van der Waals surface area (Å²) in [4.78, 5) is 27.9. The lowest BCUT2D eigenvalue weighted by atomic mass is 10.2. The van der Waals surface area contributed by atoms with Crippen molar-refractivity contribution in [3.05, 3.63) is 53.0 Å². The molecular weight excluding hydrogens is 336 g/mol. The molecule has 5 nitrogen and oxygen atoms in total. The molecule has 0 spiro atoms. The summed E-state index contributed by atoms with van der Waals surface area (Å²) in [5.74, 6) is -1.03. The van der Waals surface area contributed by atoms with Crippen LogP contribution >= 0.6 is 22.9 Å². The molecule has 2 rings (SSSR count). The average molecular weight is 351 g/mol. The Bertz CT molecular complexity index is 730. The largest absolute Gasteiger partial charge is 0.448 e. The van der Waals surface area contributed by atoms with Crippen LogP contribution in [0.4, 0.5) is 0 Å². The van der Waals surface area contributed by atoms with E-state index < -0.39 is 12.1 Å². The second-order valence-electron chi connectivity index (χ2n) is 4.63. The number of halogens is 1. The van der Waals surface area contributed by atoms with E-state index in [9.17, 15) is 9.59 Å². The Morgan fingerprint density at radius 3 is 3.00 bits per heavy atom. The Kier molecular flexibility index (Phi) is 5.90. The topological polar surface area (TPSA) is 68.3 Å². The lowest BCUT2D eigenvalue weighted by molar-refractivity contribution is -0.128. The number of hydrogen-bond donors (Lipinski definition) is 1. The van der Waals surface area contributed by atoms with E-state index in [1.54, 1.807) is 23.6 Å². The van der Waals surface area contributed by atoms with E-state index in [4.69, 9.17) is 16.3 Å². The van der Waals surface area contributed by atoms with E-state index in [1.165, 1.54) is 18.3 Å². The number of nitrogens with zero attached hydrogens (tertiary/aromatic N) is 1. The molecule has 1 aromatic heterocycles. The highest BCUT2D eigenvalue weighted by Crippen LogP contribution is 2.26. The first kappa shape index (κ1) is 17.2. The van der Waals surface area contributed by atoms with Gasteiger partial charge in [0.05, 0.1) is 0 Å². The number of carbonyl (C=O) groups excluding carboxylic acids is 2. The van der Waals surface area contributed by atoms with Crippen LogP contribution in [-0.4, -0.2) is 29.5 Å². The number of esters is 1. The van der Waals surface area contributed by atoms with Crippen molar-refractivity contribution in [3.8, 4) is 10.6 Å². The molecule has 0 bridgehead atoms. The normalized spacial score (nSPS) is 11.6. The van der Waals surface area contributed by atoms with Gasteiger partial charge in [-0.15, -0.1) is 17.9 Å². The first-order chi connectivity index (χ1) is 11.0. The van der Waals surface area contributed by atoms with Gasteiger partial charge < -0.3 is 10.1 Å². The molecule has 1 N–H and O–H groups in total. The maximum atomic E-state index is 12.0. The quantitative estimate of drug-likeness (QED) is 0.641. The molecule has 2 aromatic rings. The van der Waals surface area contributed by atoms with E-state index in [0.29, 0.717) is 16.6 Å². The second-order valence-corrected chi connectivity index (χ2v) is 5.92. The van der Waals surface area contributed by atoms with Gasteiger partial charge >= 0.3 is 5.97 Å². The maximum Gasteiger partial charge on any atom is 0.358 e. The molecule has 23 heavy (non-hydrogen) atoms. The van der Waals surface area contributed by atoms with Gasteiger partial charge in [-0.3, -0.25) is 4.79 Å². The Morgan fingerprint density at radius 2 is 2.30 bits per heavy atom. The van der Waals surface area contributed by atoms with E-state index in [-0.39, 0.29) is 11.6 Å². The van der Waals surface area contributed by atoms with Gasteiger partial charge in [0, 0.05) is 22.5 Å². The van der Waals surface area contributed by atoms with Crippen LogP contribution in [0.15, 0.2) is 42.3 Å². The molecule has 0 saturated heterocycles. The van der Waals surface area contributed by atoms with E-state index >= 15 is 0 Å². The van der Waals surface area contributed by atoms with E-state index in [2.05, 4.69) is 16.9 Å². The molecule has 1 atom stereocenters. The number of rotatable bonds is 6. The van der Waals surface area contributed by atoms with Gasteiger partial charge in [-0.2, -0.15) is 0 Å². The molecule has 0 aliphatic heterocycles. The van der Waals surface area contributed by atoms with Crippen LogP contribution < -0.4 is 5.32 Å². The second kappa shape index (κ2) is 7.89. The number of hydrogen-bond acceptors (Lipinski definition) is 5. The predicted molar refractivity (Wildman–Crippen MR) is 90.6 cm³/mol. The molecule has 0 unspecified atom stereocenters. The number of carbonyl (C=O) groups is 2. The van der Waals surface area contributed by atoms with Crippen molar-refractivity contribution in [2.75, 3.05) is 6.54 Å². The Morgan fingerprint density at radius 1 is 1.52 bits per heavy atom. The molecule has 0 radical (unpaired) electrons. The zero-order chi connectivity index (χ0) is 16.8. The highest BCUT2D eigenvalue weighted by molar-refractivity contribution is 7.13. The molecular formula is C16H15ClN2O3S. The molecule has 0 aliphatic carbocycles. The van der Waals surface area contributed by atoms with Crippen molar-refractivity contribution < 1.29 is 14.3 Å². The number of ether oxygens (including phenoxy) is 1. The van der Waals surface area contributed by atoms with Gasteiger partial charge in [0.15, 0.2) is 11.8 Å². The minimum absolute atomic E-state index is 0.161. The van der Waals surface area contributed by atoms with Gasteiger partial charge in [-0.25, -0.2) is 9.78 Å². The minimum atomic E-state index is -0.904. The molecule has 120 valence electrons. The minimum Gasteiger partial charge on any atom is -0.448 e. The Labute approximate surface area is 143 Å². The van der Waals surface area contributed by atoms with E-state index in [0.717, 1.165) is 5.56 Å². The summed E-state index contributed by atoms with van der Waals surface area (Å²) in [5.41, 5.74) is 0.978. The third-order valence-electron chi connectivity index (χ3n) is 2.86. The van der Waals surface area contributed by atoms with Crippen molar-refractivity contribution >= 4 is 34.8 Å². The van der Waals surface area contributed by atoms with Crippen molar-refractivity contribution in [3.63, 3.8) is 0 Å². The van der Waals surface area contributed by atoms with Gasteiger partial charge in [-0.05, 0) is 19.1 Å². The van der Waals surface area contributed by atoms with Crippen LogP contribution in [0.25, 0.3) is 10.6 Å². The lowest BCUT2D eigenvalue weighted by Crippen LogP contribution is -2.35. The summed E-state index contributed by atoms with van der Waals surface area (Å²) in [6.45, 7) is 5.31. The maximum absolute atomic E-state index is 12.0. The van der Waals surface area contributed by atoms with Crippen LogP contribution in [0.2, 0.25) is 5.02 Å². The first-order valence-electron chi connectivity index (χ1n) is 6.82. The fourth-order valence-corrected chi connectivity index (χ4v) is 2.69. The number of nitrogens with one attached hydrogen (secondary N) is 1. The third kappa shape index (κ3) is 4.64. The zero-order valence-electron chi connectivity index (χ0n) is 12.4. The first-order valence-corrected chi connectivity index (χ1v) is 8.08. The molecule has 1 amide bonds.